The maximum Gasteiger partial charge on any atom is 0.266 e. The van der Waals surface area contributed by atoms with Crippen LogP contribution in [-0.4, -0.2) is 15.0 Å². The van der Waals surface area contributed by atoms with E-state index in [-0.39, 0.29) is 16.5 Å². The largest absolute Gasteiger partial charge is 0.266 e. The van der Waals surface area contributed by atoms with Crippen LogP contribution < -0.4 is 4.31 Å². The molecule has 22 heavy (non-hydrogen) atoms. The van der Waals surface area contributed by atoms with E-state index in [0.717, 1.165) is 0 Å². The molecule has 0 atom stereocenters. The molecular formula is C15H12BrCl2NO2S. The molecule has 0 saturated carbocycles. The molecule has 0 aliphatic carbocycles. The molecule has 0 bridgehead atoms. The summed E-state index contributed by atoms with van der Waals surface area (Å²) in [7, 11) is -3.88. The number of hydrogen-bond donors (Lipinski definition) is 0. The van der Waals surface area contributed by atoms with Gasteiger partial charge in [-0.3, -0.25) is 4.31 Å². The van der Waals surface area contributed by atoms with Gasteiger partial charge in [-0.2, -0.15) is 0 Å². The predicted octanol–water partition coefficient (Wildman–Crippen LogP) is 5.14. The lowest BCUT2D eigenvalue weighted by molar-refractivity contribution is 0.593. The van der Waals surface area contributed by atoms with Crippen molar-refractivity contribution in [3.63, 3.8) is 0 Å². The molecule has 116 valence electrons. The topological polar surface area (TPSA) is 37.4 Å². The van der Waals surface area contributed by atoms with Gasteiger partial charge in [0.1, 0.15) is 4.90 Å². The summed E-state index contributed by atoms with van der Waals surface area (Å²) < 4.78 is 27.8. The van der Waals surface area contributed by atoms with Crippen LogP contribution in [0.2, 0.25) is 10.0 Å². The zero-order chi connectivity index (χ0) is 16.3. The molecule has 0 amide bonds. The number of sulfonamides is 1. The van der Waals surface area contributed by atoms with Crippen LogP contribution in [0.1, 0.15) is 0 Å². The maximum absolute atomic E-state index is 13.0. The maximum atomic E-state index is 13.0. The lowest BCUT2D eigenvalue weighted by Gasteiger charge is -2.24. The third-order valence-corrected chi connectivity index (χ3v) is 6.04. The van der Waals surface area contributed by atoms with Gasteiger partial charge in [-0.15, -0.1) is 6.58 Å². The molecule has 0 aromatic heterocycles. The third-order valence-electron chi connectivity index (χ3n) is 2.88. The van der Waals surface area contributed by atoms with Crippen molar-refractivity contribution in [3.05, 3.63) is 69.6 Å². The van der Waals surface area contributed by atoms with E-state index >= 15 is 0 Å². The number of hydrogen-bond acceptors (Lipinski definition) is 2. The SMILES string of the molecule is C=CCN(c1ccccc1Br)S(=O)(=O)c1cc(Cl)ccc1Cl. The summed E-state index contributed by atoms with van der Waals surface area (Å²) >= 11 is 15.3. The summed E-state index contributed by atoms with van der Waals surface area (Å²) in [6.07, 6.45) is 1.51. The van der Waals surface area contributed by atoms with Crippen LogP contribution in [0.5, 0.6) is 0 Å². The van der Waals surface area contributed by atoms with Crippen LogP contribution in [0.4, 0.5) is 5.69 Å². The fourth-order valence-electron chi connectivity index (χ4n) is 1.89. The van der Waals surface area contributed by atoms with Gasteiger partial charge in [0.2, 0.25) is 0 Å². The Kier molecular flexibility index (Phi) is 5.55. The Bertz CT molecular complexity index is 809. The highest BCUT2D eigenvalue weighted by atomic mass is 79.9. The first-order valence-electron chi connectivity index (χ1n) is 6.21. The van der Waals surface area contributed by atoms with E-state index in [2.05, 4.69) is 22.5 Å². The normalized spacial score (nSPS) is 11.2. The minimum absolute atomic E-state index is 0.0423. The van der Waals surface area contributed by atoms with E-state index in [4.69, 9.17) is 23.2 Å². The summed E-state index contributed by atoms with van der Waals surface area (Å²) in [6, 6.07) is 11.4. The van der Waals surface area contributed by atoms with E-state index < -0.39 is 10.0 Å². The molecule has 0 aliphatic rings. The molecule has 3 nitrogen and oxygen atoms in total. The number of halogens is 3. The molecule has 0 fully saturated rings. The van der Waals surface area contributed by atoms with Crippen molar-refractivity contribution in [2.24, 2.45) is 0 Å². The Balaban J connectivity index is 2.63. The average Bonchev–Trinajstić information content (AvgIpc) is 2.48. The molecule has 0 heterocycles. The molecule has 7 heteroatoms. The second kappa shape index (κ2) is 7.04. The second-order valence-electron chi connectivity index (χ2n) is 4.35. The van der Waals surface area contributed by atoms with Crippen LogP contribution in [0.15, 0.2) is 64.5 Å². The molecule has 0 aliphatic heterocycles. The standard InChI is InChI=1S/C15H12BrCl2NO2S/c1-2-9-19(14-6-4-3-5-12(14)16)22(20,21)15-10-11(17)7-8-13(15)18/h2-8,10H,1,9H2. The van der Waals surface area contributed by atoms with E-state index in [1.165, 1.54) is 22.5 Å². The first kappa shape index (κ1) is 17.3. The number of rotatable bonds is 5. The molecule has 0 radical (unpaired) electrons. The second-order valence-corrected chi connectivity index (χ2v) is 7.88. The predicted molar refractivity (Wildman–Crippen MR) is 95.3 cm³/mol. The van der Waals surface area contributed by atoms with Gasteiger partial charge in [-0.25, -0.2) is 8.42 Å². The van der Waals surface area contributed by atoms with E-state index in [1.54, 1.807) is 30.3 Å². The number of benzene rings is 2. The van der Waals surface area contributed by atoms with Crippen LogP contribution in [0.3, 0.4) is 0 Å². The summed E-state index contributed by atoms with van der Waals surface area (Å²) in [5, 5.41) is 0.416. The first-order valence-corrected chi connectivity index (χ1v) is 9.20. The summed E-state index contributed by atoms with van der Waals surface area (Å²) in [5.74, 6) is 0. The molecular weight excluding hydrogens is 409 g/mol. The Hall–Kier alpha value is -1.01. The van der Waals surface area contributed by atoms with Crippen molar-refractivity contribution in [2.45, 2.75) is 4.90 Å². The average molecular weight is 421 g/mol. The van der Waals surface area contributed by atoms with Crippen molar-refractivity contribution in [1.82, 2.24) is 0 Å². The van der Waals surface area contributed by atoms with Gasteiger partial charge >= 0.3 is 0 Å². The zero-order valence-corrected chi connectivity index (χ0v) is 15.3. The quantitative estimate of drug-likeness (QED) is 0.628. The van der Waals surface area contributed by atoms with Crippen LogP contribution in [-0.2, 0) is 10.0 Å². The Morgan fingerprint density at radius 2 is 1.86 bits per heavy atom. The molecule has 0 saturated heterocycles. The highest BCUT2D eigenvalue weighted by Gasteiger charge is 2.27. The third kappa shape index (κ3) is 3.49. The molecule has 0 N–H and O–H groups in total. The minimum atomic E-state index is -3.88. The fourth-order valence-corrected chi connectivity index (χ4v) is 4.70. The van der Waals surface area contributed by atoms with Gasteiger partial charge in [0.15, 0.2) is 0 Å². The van der Waals surface area contributed by atoms with Gasteiger partial charge in [0.05, 0.1) is 17.3 Å². The van der Waals surface area contributed by atoms with E-state index in [9.17, 15) is 8.42 Å². The van der Waals surface area contributed by atoms with Crippen LogP contribution in [0, 0.1) is 0 Å². The lowest BCUT2D eigenvalue weighted by atomic mass is 10.3. The Morgan fingerprint density at radius 3 is 2.50 bits per heavy atom. The van der Waals surface area contributed by atoms with Crippen LogP contribution >= 0.6 is 39.1 Å². The monoisotopic (exact) mass is 419 g/mol. The Morgan fingerprint density at radius 1 is 1.18 bits per heavy atom. The molecule has 2 aromatic carbocycles. The van der Waals surface area contributed by atoms with Crippen molar-refractivity contribution >= 4 is 54.8 Å². The summed E-state index contributed by atoms with van der Waals surface area (Å²) in [6.45, 7) is 3.73. The number of nitrogens with zero attached hydrogens (tertiary/aromatic N) is 1. The van der Waals surface area contributed by atoms with Crippen molar-refractivity contribution in [3.8, 4) is 0 Å². The van der Waals surface area contributed by atoms with Crippen molar-refractivity contribution in [1.29, 1.82) is 0 Å². The molecule has 0 spiro atoms. The first-order chi connectivity index (χ1) is 10.4. The Labute approximate surface area is 148 Å². The van der Waals surface area contributed by atoms with Gasteiger partial charge in [0, 0.05) is 9.50 Å². The van der Waals surface area contributed by atoms with Crippen LogP contribution in [0.25, 0.3) is 0 Å². The minimum Gasteiger partial charge on any atom is -0.261 e. The van der Waals surface area contributed by atoms with Gasteiger partial charge in [-0.1, -0.05) is 41.4 Å². The van der Waals surface area contributed by atoms with Gasteiger partial charge in [0.25, 0.3) is 10.0 Å². The lowest BCUT2D eigenvalue weighted by Crippen LogP contribution is -2.31. The summed E-state index contributed by atoms with van der Waals surface area (Å²) in [5.41, 5.74) is 0.499. The van der Waals surface area contributed by atoms with Crippen molar-refractivity contribution < 1.29 is 8.42 Å². The molecule has 0 unspecified atom stereocenters. The number of anilines is 1. The van der Waals surface area contributed by atoms with E-state index in [0.29, 0.717) is 15.2 Å². The molecule has 2 aromatic rings. The highest BCUT2D eigenvalue weighted by molar-refractivity contribution is 9.10. The van der Waals surface area contributed by atoms with E-state index in [1.807, 2.05) is 0 Å². The highest BCUT2D eigenvalue weighted by Crippen LogP contribution is 2.33. The summed E-state index contributed by atoms with van der Waals surface area (Å²) in [4.78, 5) is -0.0423. The van der Waals surface area contributed by atoms with Crippen molar-refractivity contribution in [2.75, 3.05) is 10.8 Å². The van der Waals surface area contributed by atoms with Gasteiger partial charge in [-0.05, 0) is 46.3 Å². The zero-order valence-electron chi connectivity index (χ0n) is 11.3. The number of para-hydroxylation sites is 1. The fraction of sp³-hybridized carbons (Fsp3) is 0.0667. The molecule has 2 rings (SSSR count). The van der Waals surface area contributed by atoms with Gasteiger partial charge < -0.3 is 0 Å². The smallest absolute Gasteiger partial charge is 0.261 e.